The molecule has 0 spiro atoms. The van der Waals surface area contributed by atoms with Crippen molar-refractivity contribution in [3.63, 3.8) is 0 Å². The molecule has 0 fully saturated rings. The average Bonchev–Trinajstić information content (AvgIpc) is 2.54. The molecule has 5 nitrogen and oxygen atoms in total. The van der Waals surface area contributed by atoms with Gasteiger partial charge in [0.15, 0.2) is 0 Å². The maximum atomic E-state index is 11.1. The molecular weight excluding hydrogens is 316 g/mol. The Hall–Kier alpha value is -1.95. The second kappa shape index (κ2) is 7.95. The van der Waals surface area contributed by atoms with E-state index in [9.17, 15) is 9.90 Å². The number of aliphatic hydroxyl groups is 1. The number of β-amino-alcohol motifs (C(OH)–C–C–N with tert-alkyl or cyclic N) is 1. The maximum absolute atomic E-state index is 11.1. The second-order valence-electron chi connectivity index (χ2n) is 6.85. The van der Waals surface area contributed by atoms with E-state index in [1.54, 1.807) is 0 Å². The quantitative estimate of drug-likeness (QED) is 0.669. The molecule has 0 saturated carbocycles. The summed E-state index contributed by atoms with van der Waals surface area (Å²) in [5.74, 6) is -0.249. The van der Waals surface area contributed by atoms with Crippen molar-refractivity contribution < 1.29 is 14.6 Å². The zero-order chi connectivity index (χ0) is 17.8. The third-order valence-electron chi connectivity index (χ3n) is 4.63. The minimum atomic E-state index is -0.373. The van der Waals surface area contributed by atoms with Crippen LogP contribution in [0.15, 0.2) is 48.6 Å². The first-order chi connectivity index (χ1) is 12.0. The number of ether oxygens (including phenoxy) is 1. The average molecular weight is 342 g/mol. The van der Waals surface area contributed by atoms with Crippen LogP contribution in [-0.4, -0.2) is 59.8 Å². The standard InChI is InChI=1S/C20H26N2O3/c1-15(23)25-19-8-9-20(21(2)14-19)17-6-3-5-16(11-17)12-22-10-4-7-18(24)13-22/h3-9,11,18-20,24H,10,12-14H2,1-2H3. The van der Waals surface area contributed by atoms with E-state index >= 15 is 0 Å². The van der Waals surface area contributed by atoms with E-state index in [2.05, 4.69) is 40.1 Å². The molecule has 2 aliphatic heterocycles. The summed E-state index contributed by atoms with van der Waals surface area (Å²) in [6.07, 6.45) is 7.40. The minimum absolute atomic E-state index is 0.177. The third kappa shape index (κ3) is 4.78. The van der Waals surface area contributed by atoms with Crippen LogP contribution in [0.1, 0.15) is 24.1 Å². The van der Waals surface area contributed by atoms with Crippen molar-refractivity contribution in [3.05, 3.63) is 59.7 Å². The number of rotatable bonds is 4. The molecule has 2 aliphatic rings. The summed E-state index contributed by atoms with van der Waals surface area (Å²) in [4.78, 5) is 15.6. The monoisotopic (exact) mass is 342 g/mol. The molecule has 2 heterocycles. The molecule has 134 valence electrons. The van der Waals surface area contributed by atoms with E-state index in [0.29, 0.717) is 13.1 Å². The van der Waals surface area contributed by atoms with Gasteiger partial charge in [-0.05, 0) is 24.3 Å². The van der Waals surface area contributed by atoms with Gasteiger partial charge in [0.25, 0.3) is 0 Å². The van der Waals surface area contributed by atoms with Gasteiger partial charge in [-0.2, -0.15) is 0 Å². The smallest absolute Gasteiger partial charge is 0.303 e. The van der Waals surface area contributed by atoms with Crippen LogP contribution in [0.4, 0.5) is 0 Å². The Morgan fingerprint density at radius 2 is 2.12 bits per heavy atom. The zero-order valence-corrected chi connectivity index (χ0v) is 14.8. The number of esters is 1. The van der Waals surface area contributed by atoms with Crippen molar-refractivity contribution in [3.8, 4) is 0 Å². The van der Waals surface area contributed by atoms with Crippen LogP contribution in [0.3, 0.4) is 0 Å². The first-order valence-corrected chi connectivity index (χ1v) is 8.73. The lowest BCUT2D eigenvalue weighted by Crippen LogP contribution is -2.37. The molecule has 0 aromatic heterocycles. The lowest BCUT2D eigenvalue weighted by atomic mass is 9.98. The normalized spacial score (nSPS) is 27.4. The molecule has 1 N–H and O–H groups in total. The van der Waals surface area contributed by atoms with E-state index in [4.69, 9.17) is 4.74 Å². The highest BCUT2D eigenvalue weighted by Crippen LogP contribution is 2.26. The second-order valence-corrected chi connectivity index (χ2v) is 6.85. The van der Waals surface area contributed by atoms with Crippen molar-refractivity contribution >= 4 is 5.97 Å². The summed E-state index contributed by atoms with van der Waals surface area (Å²) >= 11 is 0. The Kier molecular flexibility index (Phi) is 5.68. The summed E-state index contributed by atoms with van der Waals surface area (Å²) in [6, 6.07) is 8.75. The molecule has 3 unspecified atom stereocenters. The SMILES string of the molecule is CC(=O)OC1C=CC(c2cccc(CN3CC=CC(O)C3)c2)N(C)C1. The number of nitrogens with zero attached hydrogens (tertiary/aromatic N) is 2. The van der Waals surface area contributed by atoms with E-state index in [1.165, 1.54) is 18.1 Å². The molecule has 25 heavy (non-hydrogen) atoms. The number of benzene rings is 1. The van der Waals surface area contributed by atoms with E-state index in [0.717, 1.165) is 13.1 Å². The number of carbonyl (C=O) groups is 1. The number of hydrogen-bond donors (Lipinski definition) is 1. The number of aliphatic hydroxyl groups excluding tert-OH is 1. The maximum Gasteiger partial charge on any atom is 0.303 e. The van der Waals surface area contributed by atoms with Crippen molar-refractivity contribution in [2.75, 3.05) is 26.7 Å². The molecule has 1 aromatic rings. The molecule has 3 atom stereocenters. The topological polar surface area (TPSA) is 53.0 Å². The minimum Gasteiger partial charge on any atom is -0.457 e. The van der Waals surface area contributed by atoms with E-state index < -0.39 is 0 Å². The molecular formula is C20H26N2O3. The summed E-state index contributed by atoms with van der Waals surface area (Å²) in [5.41, 5.74) is 2.47. The predicted molar refractivity (Wildman–Crippen MR) is 96.9 cm³/mol. The van der Waals surface area contributed by atoms with Crippen LogP contribution in [-0.2, 0) is 16.1 Å². The van der Waals surface area contributed by atoms with Gasteiger partial charge >= 0.3 is 5.97 Å². The zero-order valence-electron chi connectivity index (χ0n) is 14.8. The first kappa shape index (κ1) is 17.9. The molecule has 1 aromatic carbocycles. The summed E-state index contributed by atoms with van der Waals surface area (Å²) in [7, 11) is 2.04. The van der Waals surface area contributed by atoms with Gasteiger partial charge in [0.1, 0.15) is 6.10 Å². The number of hydrogen-bond acceptors (Lipinski definition) is 5. The van der Waals surface area contributed by atoms with Gasteiger partial charge in [-0.15, -0.1) is 0 Å². The largest absolute Gasteiger partial charge is 0.457 e. The van der Waals surface area contributed by atoms with Crippen molar-refractivity contribution in [1.82, 2.24) is 9.80 Å². The molecule has 0 amide bonds. The summed E-state index contributed by atoms with van der Waals surface area (Å²) in [6.45, 7) is 4.50. The van der Waals surface area contributed by atoms with Gasteiger partial charge in [-0.1, -0.05) is 42.5 Å². The van der Waals surface area contributed by atoms with Crippen LogP contribution >= 0.6 is 0 Å². The lowest BCUT2D eigenvalue weighted by Gasteiger charge is -2.33. The first-order valence-electron chi connectivity index (χ1n) is 8.73. The molecule has 5 heteroatoms. The molecule has 0 aliphatic carbocycles. The van der Waals surface area contributed by atoms with Crippen LogP contribution < -0.4 is 0 Å². The van der Waals surface area contributed by atoms with Gasteiger partial charge in [0.05, 0.1) is 12.1 Å². The molecule has 0 radical (unpaired) electrons. The number of likely N-dealkylation sites (N-methyl/N-ethyl adjacent to an activating group) is 1. The van der Waals surface area contributed by atoms with Gasteiger partial charge in [-0.25, -0.2) is 0 Å². The highest BCUT2D eigenvalue weighted by molar-refractivity contribution is 5.66. The van der Waals surface area contributed by atoms with Crippen molar-refractivity contribution in [2.45, 2.75) is 31.7 Å². The fourth-order valence-electron chi connectivity index (χ4n) is 3.52. The Labute approximate surface area is 149 Å². The van der Waals surface area contributed by atoms with Crippen LogP contribution in [0, 0.1) is 0 Å². The predicted octanol–water partition coefficient (Wildman–Crippen LogP) is 1.89. The fourth-order valence-corrected chi connectivity index (χ4v) is 3.52. The van der Waals surface area contributed by atoms with Crippen molar-refractivity contribution in [2.24, 2.45) is 0 Å². The van der Waals surface area contributed by atoms with Gasteiger partial charge < -0.3 is 9.84 Å². The van der Waals surface area contributed by atoms with Crippen LogP contribution in [0.5, 0.6) is 0 Å². The summed E-state index contributed by atoms with van der Waals surface area (Å²) in [5, 5.41) is 9.76. The molecule has 3 rings (SSSR count). The number of carbonyl (C=O) groups excluding carboxylic acids is 1. The Morgan fingerprint density at radius 3 is 2.84 bits per heavy atom. The highest BCUT2D eigenvalue weighted by atomic mass is 16.5. The molecule has 0 saturated heterocycles. The van der Waals surface area contributed by atoms with Gasteiger partial charge in [0, 0.05) is 33.1 Å². The summed E-state index contributed by atoms with van der Waals surface area (Å²) < 4.78 is 5.28. The Morgan fingerprint density at radius 1 is 1.28 bits per heavy atom. The van der Waals surface area contributed by atoms with Gasteiger partial charge in [0.2, 0.25) is 0 Å². The van der Waals surface area contributed by atoms with Crippen LogP contribution in [0.25, 0.3) is 0 Å². The lowest BCUT2D eigenvalue weighted by molar-refractivity contribution is -0.145. The fraction of sp³-hybridized carbons (Fsp3) is 0.450. The third-order valence-corrected chi connectivity index (χ3v) is 4.63. The molecule has 0 bridgehead atoms. The van der Waals surface area contributed by atoms with Crippen LogP contribution in [0.2, 0.25) is 0 Å². The van der Waals surface area contributed by atoms with Gasteiger partial charge in [-0.3, -0.25) is 14.6 Å². The Balaban J connectivity index is 1.69. The van der Waals surface area contributed by atoms with E-state index in [-0.39, 0.29) is 24.2 Å². The Bertz CT molecular complexity index is 671. The van der Waals surface area contributed by atoms with E-state index in [1.807, 2.05) is 25.3 Å². The van der Waals surface area contributed by atoms with Crippen molar-refractivity contribution in [1.29, 1.82) is 0 Å². The highest BCUT2D eigenvalue weighted by Gasteiger charge is 2.24.